The highest BCUT2D eigenvalue weighted by molar-refractivity contribution is 6.05. The third-order valence-electron chi connectivity index (χ3n) is 8.47. The van der Waals surface area contributed by atoms with Crippen LogP contribution in [0.25, 0.3) is 12.2 Å². The van der Waals surface area contributed by atoms with E-state index in [0.29, 0.717) is 16.7 Å². The molecule has 1 fully saturated rings. The van der Waals surface area contributed by atoms with E-state index in [0.717, 1.165) is 24.3 Å². The Bertz CT molecular complexity index is 2020. The molecule has 2 aliphatic rings. The SMILES string of the molecule is C[C@@H]1O[C@@H](OC2C(=O)c3c(O)cc(O)cc3OC2c2ccc(O)cc2)[C@H](OC(=O)/C=C/c2ccc(O)cc2)[C@H](O)[C@H]1OC(=O)/C=C/c1ccc(O)cc1. The maximum absolute atomic E-state index is 14.0. The van der Waals surface area contributed by atoms with Crippen LogP contribution in [0, 0.1) is 0 Å². The van der Waals surface area contributed by atoms with Gasteiger partial charge in [-0.25, -0.2) is 9.59 Å². The fraction of sp³-hybridized carbons (Fsp3) is 0.205. The number of carbonyl (C=O) groups excluding carboxylic acids is 3. The number of aliphatic hydroxyl groups excluding tert-OH is 1. The lowest BCUT2D eigenvalue weighted by Gasteiger charge is -2.44. The number of aliphatic hydroxyl groups is 1. The van der Waals surface area contributed by atoms with Crippen LogP contribution in [0.1, 0.15) is 40.1 Å². The molecule has 14 heteroatoms. The van der Waals surface area contributed by atoms with E-state index in [1.54, 1.807) is 12.1 Å². The van der Waals surface area contributed by atoms with Crippen molar-refractivity contribution >= 4 is 29.9 Å². The largest absolute Gasteiger partial charge is 0.508 e. The lowest BCUT2D eigenvalue weighted by Crippen LogP contribution is -2.61. The number of esters is 2. The Kier molecular flexibility index (Phi) is 10.7. The number of ketones is 1. The number of carbonyl (C=O) groups is 3. The molecule has 0 bridgehead atoms. The molecule has 0 aromatic heterocycles. The van der Waals surface area contributed by atoms with Crippen LogP contribution >= 0.6 is 0 Å². The lowest BCUT2D eigenvalue weighted by atomic mass is 9.92. The number of hydrogen-bond acceptors (Lipinski definition) is 14. The Morgan fingerprint density at radius 2 is 1.21 bits per heavy atom. The van der Waals surface area contributed by atoms with Gasteiger partial charge in [0.15, 0.2) is 30.7 Å². The maximum atomic E-state index is 14.0. The van der Waals surface area contributed by atoms with Gasteiger partial charge in [0.25, 0.3) is 0 Å². The van der Waals surface area contributed by atoms with Crippen molar-refractivity contribution in [1.82, 2.24) is 0 Å². The predicted molar refractivity (Wildman–Crippen MR) is 185 cm³/mol. The van der Waals surface area contributed by atoms with Gasteiger partial charge < -0.3 is 54.3 Å². The quantitative estimate of drug-likeness (QED) is 0.105. The van der Waals surface area contributed by atoms with E-state index in [1.807, 2.05) is 0 Å². The average Bonchev–Trinajstić information content (AvgIpc) is 3.12. The average molecular weight is 727 g/mol. The van der Waals surface area contributed by atoms with Crippen molar-refractivity contribution in [3.05, 3.63) is 119 Å². The van der Waals surface area contributed by atoms with Gasteiger partial charge in [0.2, 0.25) is 5.78 Å². The van der Waals surface area contributed by atoms with Gasteiger partial charge >= 0.3 is 11.9 Å². The van der Waals surface area contributed by atoms with Crippen LogP contribution in [-0.4, -0.2) is 85.2 Å². The van der Waals surface area contributed by atoms with Crippen molar-refractivity contribution in [1.29, 1.82) is 0 Å². The van der Waals surface area contributed by atoms with Crippen LogP contribution < -0.4 is 4.74 Å². The zero-order chi connectivity index (χ0) is 37.8. The maximum Gasteiger partial charge on any atom is 0.331 e. The summed E-state index contributed by atoms with van der Waals surface area (Å²) in [6.45, 7) is 1.46. The first-order valence-corrected chi connectivity index (χ1v) is 16.3. The minimum Gasteiger partial charge on any atom is -0.508 e. The molecule has 0 saturated carbocycles. The number of rotatable bonds is 9. The number of phenolic OH excluding ortho intramolecular Hbond substituents is 5. The Balaban J connectivity index is 1.30. The van der Waals surface area contributed by atoms with Crippen LogP contribution in [-0.2, 0) is 28.5 Å². The van der Waals surface area contributed by atoms with Gasteiger partial charge in [0, 0.05) is 24.3 Å². The molecule has 6 rings (SSSR count). The summed E-state index contributed by atoms with van der Waals surface area (Å²) in [5.74, 6) is -3.84. The summed E-state index contributed by atoms with van der Waals surface area (Å²) in [6.07, 6.45) is -5.63. The summed E-state index contributed by atoms with van der Waals surface area (Å²) in [7, 11) is 0. The second kappa shape index (κ2) is 15.5. The molecule has 1 saturated heterocycles. The molecule has 4 aromatic carbocycles. The number of phenols is 5. The molecule has 14 nitrogen and oxygen atoms in total. The van der Waals surface area contributed by atoms with Crippen LogP contribution in [0.2, 0.25) is 0 Å². The van der Waals surface area contributed by atoms with E-state index in [-0.39, 0.29) is 34.3 Å². The summed E-state index contributed by atoms with van der Waals surface area (Å²) in [5, 5.41) is 61.3. The van der Waals surface area contributed by atoms with Crippen molar-refractivity contribution in [2.75, 3.05) is 0 Å². The third-order valence-corrected chi connectivity index (χ3v) is 8.47. The lowest BCUT2D eigenvalue weighted by molar-refractivity contribution is -0.308. The Morgan fingerprint density at radius 3 is 1.75 bits per heavy atom. The molecule has 274 valence electrons. The summed E-state index contributed by atoms with van der Waals surface area (Å²) in [4.78, 5) is 40.1. The van der Waals surface area contributed by atoms with E-state index in [9.17, 15) is 45.0 Å². The van der Waals surface area contributed by atoms with Gasteiger partial charge in [-0.2, -0.15) is 0 Å². The highest BCUT2D eigenvalue weighted by atomic mass is 16.7. The molecule has 6 N–H and O–H groups in total. The molecule has 53 heavy (non-hydrogen) atoms. The van der Waals surface area contributed by atoms with E-state index in [4.69, 9.17) is 23.7 Å². The van der Waals surface area contributed by atoms with E-state index >= 15 is 0 Å². The van der Waals surface area contributed by atoms with Gasteiger partial charge in [0.1, 0.15) is 46.2 Å². The van der Waals surface area contributed by atoms with Gasteiger partial charge in [-0.15, -0.1) is 0 Å². The van der Waals surface area contributed by atoms with Crippen LogP contribution in [0.3, 0.4) is 0 Å². The summed E-state index contributed by atoms with van der Waals surface area (Å²) in [5.41, 5.74) is 1.11. The highest BCUT2D eigenvalue weighted by Crippen LogP contribution is 2.44. The molecule has 2 unspecified atom stereocenters. The summed E-state index contributed by atoms with van der Waals surface area (Å²) < 4.78 is 29.4. The molecule has 0 spiro atoms. The van der Waals surface area contributed by atoms with Crippen LogP contribution in [0.5, 0.6) is 34.5 Å². The normalized spacial score (nSPS) is 24.0. The van der Waals surface area contributed by atoms with Crippen molar-refractivity contribution < 1.29 is 68.7 Å². The number of aromatic hydroxyl groups is 5. The molecule has 2 heterocycles. The molecule has 2 aliphatic heterocycles. The summed E-state index contributed by atoms with van der Waals surface area (Å²) in [6, 6.07) is 19.6. The van der Waals surface area contributed by atoms with Gasteiger partial charge in [-0.3, -0.25) is 4.79 Å². The van der Waals surface area contributed by atoms with Crippen LogP contribution in [0.4, 0.5) is 0 Å². The topological polar surface area (TPSA) is 219 Å². The molecule has 4 aromatic rings. The number of Topliss-reactive ketones (excluding diaryl/α,β-unsaturated/α-hetero) is 1. The van der Waals surface area contributed by atoms with Crippen molar-refractivity contribution in [3.8, 4) is 34.5 Å². The van der Waals surface area contributed by atoms with E-state index in [1.165, 1.54) is 79.7 Å². The van der Waals surface area contributed by atoms with Gasteiger partial charge in [0.05, 0.1) is 6.10 Å². The number of hydrogen-bond donors (Lipinski definition) is 6. The van der Waals surface area contributed by atoms with Crippen LogP contribution in [0.15, 0.2) is 97.1 Å². The fourth-order valence-electron chi connectivity index (χ4n) is 5.83. The monoisotopic (exact) mass is 726 g/mol. The molecular weight excluding hydrogens is 692 g/mol. The zero-order valence-corrected chi connectivity index (χ0v) is 27.9. The molecule has 0 aliphatic carbocycles. The Morgan fingerprint density at radius 1 is 0.698 bits per heavy atom. The van der Waals surface area contributed by atoms with Crippen molar-refractivity contribution in [3.63, 3.8) is 0 Å². The first-order chi connectivity index (χ1) is 25.4. The van der Waals surface area contributed by atoms with Gasteiger partial charge in [-0.1, -0.05) is 36.4 Å². The number of fused-ring (bicyclic) bond motifs is 1. The molecule has 7 atom stereocenters. The summed E-state index contributed by atoms with van der Waals surface area (Å²) >= 11 is 0. The minimum absolute atomic E-state index is 0.0133. The first kappa shape index (κ1) is 36.4. The van der Waals surface area contributed by atoms with E-state index < -0.39 is 66.4 Å². The third kappa shape index (κ3) is 8.42. The number of benzene rings is 4. The first-order valence-electron chi connectivity index (χ1n) is 16.3. The highest BCUT2D eigenvalue weighted by Gasteiger charge is 2.51. The second-order valence-electron chi connectivity index (χ2n) is 12.2. The molecule has 0 amide bonds. The standard InChI is InChI=1S/C39H34O14/c1-20-35(51-30(45)16-6-21-2-10-24(40)11-3-21)34(48)38(52-31(46)17-7-22-4-12-25(41)13-5-22)39(49-20)53-37-33(47)32-28(44)18-27(43)19-29(32)50-36(37)23-8-14-26(42)15-9-23/h2-20,34-44,48H,1H3/b16-6+,17-7+/t20-,34+,35-,36?,37?,38+,39-/m0/s1. The molecule has 0 radical (unpaired) electrons. The van der Waals surface area contributed by atoms with E-state index in [2.05, 4.69) is 0 Å². The van der Waals surface area contributed by atoms with Crippen molar-refractivity contribution in [2.45, 2.75) is 49.8 Å². The fourth-order valence-corrected chi connectivity index (χ4v) is 5.83. The number of ether oxygens (including phenoxy) is 5. The molecular formula is C39H34O14. The smallest absolute Gasteiger partial charge is 0.331 e. The predicted octanol–water partition coefficient (Wildman–Crippen LogP) is 4.27. The van der Waals surface area contributed by atoms with Crippen molar-refractivity contribution in [2.24, 2.45) is 0 Å². The minimum atomic E-state index is -1.77. The second-order valence-corrected chi connectivity index (χ2v) is 12.2. The Labute approximate surface area is 302 Å². The zero-order valence-electron chi connectivity index (χ0n) is 27.9. The van der Waals surface area contributed by atoms with Gasteiger partial charge in [-0.05, 0) is 72.2 Å². The Hall–Kier alpha value is -6.35.